The van der Waals surface area contributed by atoms with Crippen LogP contribution in [-0.2, 0) is 9.53 Å². The SMILES string of the molecule is C=C(C)CC(O)(CC(=C)C)C1CC1.CC(C)OC=O. The van der Waals surface area contributed by atoms with E-state index >= 15 is 0 Å². The van der Waals surface area contributed by atoms with Gasteiger partial charge in [0.1, 0.15) is 0 Å². The molecule has 19 heavy (non-hydrogen) atoms. The summed E-state index contributed by atoms with van der Waals surface area (Å²) >= 11 is 0. The van der Waals surface area contributed by atoms with Gasteiger partial charge in [0.2, 0.25) is 0 Å². The molecular formula is C16H28O3. The summed E-state index contributed by atoms with van der Waals surface area (Å²) in [7, 11) is 0. The zero-order valence-corrected chi connectivity index (χ0v) is 12.7. The average Bonchev–Trinajstić information content (AvgIpc) is 2.97. The van der Waals surface area contributed by atoms with Crippen molar-refractivity contribution in [3.8, 4) is 0 Å². The maximum atomic E-state index is 10.4. The minimum absolute atomic E-state index is 0.0301. The first-order valence-electron chi connectivity index (χ1n) is 6.81. The van der Waals surface area contributed by atoms with Crippen LogP contribution in [-0.4, -0.2) is 23.3 Å². The van der Waals surface area contributed by atoms with Gasteiger partial charge in [-0.05, 0) is 59.3 Å². The molecular weight excluding hydrogens is 240 g/mol. The average molecular weight is 268 g/mol. The zero-order valence-electron chi connectivity index (χ0n) is 12.7. The van der Waals surface area contributed by atoms with Gasteiger partial charge in [0.25, 0.3) is 6.47 Å². The van der Waals surface area contributed by atoms with Crippen LogP contribution in [0.15, 0.2) is 24.3 Å². The first-order chi connectivity index (χ1) is 8.71. The van der Waals surface area contributed by atoms with Crippen molar-refractivity contribution in [2.24, 2.45) is 5.92 Å². The summed E-state index contributed by atoms with van der Waals surface area (Å²) in [4.78, 5) is 9.39. The molecule has 0 atom stereocenters. The van der Waals surface area contributed by atoms with E-state index in [-0.39, 0.29) is 6.10 Å². The molecule has 1 rings (SSSR count). The molecule has 0 aromatic carbocycles. The Morgan fingerprint density at radius 1 is 1.32 bits per heavy atom. The van der Waals surface area contributed by atoms with Crippen molar-refractivity contribution in [2.75, 3.05) is 0 Å². The van der Waals surface area contributed by atoms with E-state index in [1.165, 1.54) is 0 Å². The van der Waals surface area contributed by atoms with Crippen molar-refractivity contribution in [3.05, 3.63) is 24.3 Å². The van der Waals surface area contributed by atoms with E-state index in [9.17, 15) is 9.90 Å². The fourth-order valence-electron chi connectivity index (χ4n) is 2.13. The standard InChI is InChI=1S/C12H20O.C4H8O2/c1-9(2)7-12(13,8-10(3)4)11-5-6-11;1-4(2)6-3-5/h11,13H,1,3,5-8H2,2,4H3;3-4H,1-2H3. The van der Waals surface area contributed by atoms with Gasteiger partial charge in [-0.15, -0.1) is 13.2 Å². The van der Waals surface area contributed by atoms with E-state index < -0.39 is 5.60 Å². The van der Waals surface area contributed by atoms with Crippen molar-refractivity contribution in [1.82, 2.24) is 0 Å². The Morgan fingerprint density at radius 3 is 1.89 bits per heavy atom. The number of aliphatic hydroxyl groups is 1. The van der Waals surface area contributed by atoms with Crippen LogP contribution in [0.5, 0.6) is 0 Å². The Bertz CT molecular complexity index is 298. The molecule has 110 valence electrons. The molecule has 0 aliphatic heterocycles. The lowest BCUT2D eigenvalue weighted by Crippen LogP contribution is -2.31. The van der Waals surface area contributed by atoms with E-state index in [2.05, 4.69) is 17.9 Å². The molecule has 0 aromatic heterocycles. The van der Waals surface area contributed by atoms with E-state index in [1.807, 2.05) is 13.8 Å². The van der Waals surface area contributed by atoms with Gasteiger partial charge in [-0.1, -0.05) is 11.1 Å². The Labute approximate surface area is 117 Å². The third-order valence-electron chi connectivity index (χ3n) is 2.88. The van der Waals surface area contributed by atoms with Gasteiger partial charge in [-0.25, -0.2) is 0 Å². The molecule has 0 heterocycles. The molecule has 1 aliphatic carbocycles. The van der Waals surface area contributed by atoms with Crippen LogP contribution < -0.4 is 0 Å². The second-order valence-corrected chi connectivity index (χ2v) is 5.93. The normalized spacial score (nSPS) is 14.4. The van der Waals surface area contributed by atoms with Gasteiger partial charge in [0.05, 0.1) is 11.7 Å². The largest absolute Gasteiger partial charge is 0.465 e. The number of ether oxygens (including phenoxy) is 1. The fourth-order valence-corrected chi connectivity index (χ4v) is 2.13. The van der Waals surface area contributed by atoms with Crippen LogP contribution in [0.25, 0.3) is 0 Å². The molecule has 3 nitrogen and oxygen atoms in total. The summed E-state index contributed by atoms with van der Waals surface area (Å²) in [6.45, 7) is 15.7. The van der Waals surface area contributed by atoms with Crippen LogP contribution >= 0.6 is 0 Å². The second kappa shape index (κ2) is 8.16. The highest BCUT2D eigenvalue weighted by Crippen LogP contribution is 2.45. The van der Waals surface area contributed by atoms with Gasteiger partial charge in [-0.2, -0.15) is 0 Å². The monoisotopic (exact) mass is 268 g/mol. The molecule has 0 amide bonds. The highest BCUT2D eigenvalue weighted by molar-refractivity contribution is 5.37. The van der Waals surface area contributed by atoms with Gasteiger partial charge < -0.3 is 9.84 Å². The third kappa shape index (κ3) is 8.60. The van der Waals surface area contributed by atoms with Gasteiger partial charge >= 0.3 is 0 Å². The van der Waals surface area contributed by atoms with Crippen LogP contribution in [0.1, 0.15) is 53.4 Å². The van der Waals surface area contributed by atoms with Crippen molar-refractivity contribution in [3.63, 3.8) is 0 Å². The highest BCUT2D eigenvalue weighted by Gasteiger charge is 2.43. The minimum Gasteiger partial charge on any atom is -0.465 e. The summed E-state index contributed by atoms with van der Waals surface area (Å²) in [5.41, 5.74) is 1.59. The Morgan fingerprint density at radius 2 is 1.74 bits per heavy atom. The molecule has 1 N–H and O–H groups in total. The summed E-state index contributed by atoms with van der Waals surface area (Å²) in [6.07, 6.45) is 3.81. The predicted octanol–water partition coefficient (Wildman–Crippen LogP) is 3.63. The lowest BCUT2D eigenvalue weighted by Gasteiger charge is -2.28. The van der Waals surface area contributed by atoms with Crippen molar-refractivity contribution >= 4 is 6.47 Å². The molecule has 3 heteroatoms. The molecule has 1 fully saturated rings. The molecule has 0 aromatic rings. The molecule has 1 aliphatic rings. The summed E-state index contributed by atoms with van der Waals surface area (Å²) in [6, 6.07) is 0. The predicted molar refractivity (Wildman–Crippen MR) is 78.8 cm³/mol. The summed E-state index contributed by atoms with van der Waals surface area (Å²) in [5, 5.41) is 10.4. The lowest BCUT2D eigenvalue weighted by molar-refractivity contribution is -0.131. The lowest BCUT2D eigenvalue weighted by atomic mass is 9.85. The van der Waals surface area contributed by atoms with E-state index in [4.69, 9.17) is 0 Å². The molecule has 0 spiro atoms. The highest BCUT2D eigenvalue weighted by atomic mass is 16.5. The Hall–Kier alpha value is -1.09. The zero-order chi connectivity index (χ0) is 15.1. The van der Waals surface area contributed by atoms with Gasteiger partial charge in [-0.3, -0.25) is 4.79 Å². The first-order valence-corrected chi connectivity index (χ1v) is 6.81. The third-order valence-corrected chi connectivity index (χ3v) is 2.88. The van der Waals surface area contributed by atoms with Crippen LogP contribution in [0.4, 0.5) is 0 Å². The number of hydrogen-bond acceptors (Lipinski definition) is 3. The first kappa shape index (κ1) is 17.9. The topological polar surface area (TPSA) is 46.5 Å². The maximum Gasteiger partial charge on any atom is 0.293 e. The van der Waals surface area contributed by atoms with E-state index in [1.54, 1.807) is 13.8 Å². The second-order valence-electron chi connectivity index (χ2n) is 5.93. The summed E-state index contributed by atoms with van der Waals surface area (Å²) < 4.78 is 4.36. The molecule has 0 unspecified atom stereocenters. The van der Waals surface area contributed by atoms with Crippen LogP contribution in [0.2, 0.25) is 0 Å². The molecule has 0 radical (unpaired) electrons. The van der Waals surface area contributed by atoms with Gasteiger partial charge in [0, 0.05) is 0 Å². The van der Waals surface area contributed by atoms with Crippen LogP contribution in [0.3, 0.4) is 0 Å². The van der Waals surface area contributed by atoms with Crippen molar-refractivity contribution in [2.45, 2.75) is 65.1 Å². The van der Waals surface area contributed by atoms with Crippen molar-refractivity contribution < 1.29 is 14.6 Å². The van der Waals surface area contributed by atoms with Crippen molar-refractivity contribution in [1.29, 1.82) is 0 Å². The Balaban J connectivity index is 0.000000459. The maximum absolute atomic E-state index is 10.4. The molecule has 1 saturated carbocycles. The summed E-state index contributed by atoms with van der Waals surface area (Å²) in [5.74, 6) is 0.487. The Kier molecular flexibility index (Phi) is 7.69. The fraction of sp³-hybridized carbons (Fsp3) is 0.688. The van der Waals surface area contributed by atoms with Crippen LogP contribution in [0, 0.1) is 5.92 Å². The number of carbonyl (C=O) groups is 1. The minimum atomic E-state index is -0.544. The quantitative estimate of drug-likeness (QED) is 0.566. The molecule has 0 saturated heterocycles. The number of carbonyl (C=O) groups excluding carboxylic acids is 1. The van der Waals surface area contributed by atoms with E-state index in [0.29, 0.717) is 12.4 Å². The molecule has 0 bridgehead atoms. The van der Waals surface area contributed by atoms with Gasteiger partial charge in [0.15, 0.2) is 0 Å². The number of hydrogen-bond donors (Lipinski definition) is 1. The van der Waals surface area contributed by atoms with E-state index in [0.717, 1.165) is 36.8 Å². The smallest absolute Gasteiger partial charge is 0.293 e. The number of rotatable bonds is 7.